The van der Waals surface area contributed by atoms with Crippen LogP contribution >= 0.6 is 0 Å². The SMILES string of the molecule is CCOC(=O)C(C)[C@@H]1C[C@H](c2ccc3ccccc3c2)N2CCC(=O)N12. The van der Waals surface area contributed by atoms with Gasteiger partial charge >= 0.3 is 5.97 Å². The summed E-state index contributed by atoms with van der Waals surface area (Å²) in [5.41, 5.74) is 1.20. The Morgan fingerprint density at radius 1 is 1.23 bits per heavy atom. The highest BCUT2D eigenvalue weighted by molar-refractivity contribution is 5.83. The molecule has 2 saturated heterocycles. The number of rotatable bonds is 4. The molecule has 136 valence electrons. The van der Waals surface area contributed by atoms with Gasteiger partial charge in [0.25, 0.3) is 0 Å². The van der Waals surface area contributed by atoms with Gasteiger partial charge in [-0.3, -0.25) is 14.6 Å². The predicted octanol–water partition coefficient (Wildman–Crippen LogP) is 3.30. The molecule has 0 saturated carbocycles. The molecular formula is C21H24N2O3. The Morgan fingerprint density at radius 3 is 2.77 bits per heavy atom. The highest BCUT2D eigenvalue weighted by Gasteiger charge is 2.49. The highest BCUT2D eigenvalue weighted by atomic mass is 16.5. The van der Waals surface area contributed by atoms with Crippen molar-refractivity contribution in [2.75, 3.05) is 13.2 Å². The first-order chi connectivity index (χ1) is 12.6. The first kappa shape index (κ1) is 17.0. The molecule has 1 unspecified atom stereocenters. The fourth-order valence-corrected chi connectivity index (χ4v) is 4.28. The Labute approximate surface area is 153 Å². The molecule has 2 aromatic rings. The lowest BCUT2D eigenvalue weighted by atomic mass is 9.92. The van der Waals surface area contributed by atoms with Crippen molar-refractivity contribution in [1.29, 1.82) is 0 Å². The average Bonchev–Trinajstić information content (AvgIpc) is 3.22. The minimum absolute atomic E-state index is 0.106. The molecule has 0 bridgehead atoms. The van der Waals surface area contributed by atoms with Gasteiger partial charge < -0.3 is 4.74 Å². The van der Waals surface area contributed by atoms with Gasteiger partial charge in [-0.15, -0.1) is 0 Å². The number of hydrogen-bond donors (Lipinski definition) is 0. The zero-order valence-electron chi connectivity index (χ0n) is 15.2. The molecule has 0 N–H and O–H groups in total. The van der Waals surface area contributed by atoms with Crippen LogP contribution in [0.2, 0.25) is 0 Å². The summed E-state index contributed by atoms with van der Waals surface area (Å²) >= 11 is 0. The summed E-state index contributed by atoms with van der Waals surface area (Å²) in [6, 6.07) is 14.8. The summed E-state index contributed by atoms with van der Waals surface area (Å²) in [5.74, 6) is -0.448. The molecule has 2 aliphatic heterocycles. The number of hydrogen-bond acceptors (Lipinski definition) is 4. The van der Waals surface area contributed by atoms with Crippen LogP contribution in [0.3, 0.4) is 0 Å². The van der Waals surface area contributed by atoms with E-state index in [4.69, 9.17) is 4.74 Å². The summed E-state index contributed by atoms with van der Waals surface area (Å²) in [5, 5.41) is 6.37. The minimum atomic E-state index is -0.329. The smallest absolute Gasteiger partial charge is 0.310 e. The fourth-order valence-electron chi connectivity index (χ4n) is 4.28. The summed E-state index contributed by atoms with van der Waals surface area (Å²) in [7, 11) is 0. The molecule has 1 amide bonds. The predicted molar refractivity (Wildman–Crippen MR) is 99.1 cm³/mol. The molecule has 3 atom stereocenters. The molecule has 0 aliphatic carbocycles. The van der Waals surface area contributed by atoms with Crippen LogP contribution in [0.25, 0.3) is 10.8 Å². The highest BCUT2D eigenvalue weighted by Crippen LogP contribution is 2.43. The number of carbonyl (C=O) groups is 2. The van der Waals surface area contributed by atoms with E-state index in [2.05, 4.69) is 35.3 Å². The second-order valence-corrected chi connectivity index (χ2v) is 7.12. The number of carbonyl (C=O) groups excluding carboxylic acids is 2. The van der Waals surface area contributed by atoms with Crippen molar-refractivity contribution in [3.63, 3.8) is 0 Å². The lowest BCUT2D eigenvalue weighted by Crippen LogP contribution is -2.43. The van der Waals surface area contributed by atoms with Crippen molar-refractivity contribution < 1.29 is 14.3 Å². The van der Waals surface area contributed by atoms with Crippen LogP contribution in [-0.4, -0.2) is 41.1 Å². The lowest BCUT2D eigenvalue weighted by molar-refractivity contribution is -0.153. The van der Waals surface area contributed by atoms with Gasteiger partial charge in [0.15, 0.2) is 0 Å². The number of fused-ring (bicyclic) bond motifs is 2. The molecule has 2 fully saturated rings. The minimum Gasteiger partial charge on any atom is -0.466 e. The monoisotopic (exact) mass is 352 g/mol. The third-order valence-electron chi connectivity index (χ3n) is 5.62. The molecule has 0 spiro atoms. The van der Waals surface area contributed by atoms with Crippen molar-refractivity contribution in [3.8, 4) is 0 Å². The lowest BCUT2D eigenvalue weighted by Gasteiger charge is -2.29. The van der Waals surface area contributed by atoms with Crippen LogP contribution in [0.15, 0.2) is 42.5 Å². The Morgan fingerprint density at radius 2 is 2.00 bits per heavy atom. The molecule has 0 aromatic heterocycles. The molecule has 5 heteroatoms. The quantitative estimate of drug-likeness (QED) is 0.792. The average molecular weight is 352 g/mol. The van der Waals surface area contributed by atoms with E-state index < -0.39 is 0 Å². The number of nitrogens with zero attached hydrogens (tertiary/aromatic N) is 2. The van der Waals surface area contributed by atoms with E-state index in [1.807, 2.05) is 31.0 Å². The maximum absolute atomic E-state index is 12.5. The van der Waals surface area contributed by atoms with E-state index in [0.29, 0.717) is 19.6 Å². The molecule has 4 rings (SSSR count). The van der Waals surface area contributed by atoms with Crippen LogP contribution in [0.1, 0.15) is 38.3 Å². The second kappa shape index (κ2) is 6.72. The largest absolute Gasteiger partial charge is 0.466 e. The van der Waals surface area contributed by atoms with Crippen molar-refractivity contribution in [2.24, 2.45) is 5.92 Å². The van der Waals surface area contributed by atoms with Crippen LogP contribution < -0.4 is 0 Å². The van der Waals surface area contributed by atoms with Gasteiger partial charge in [-0.2, -0.15) is 0 Å². The first-order valence-electron chi connectivity index (χ1n) is 9.34. The summed E-state index contributed by atoms with van der Waals surface area (Å²) in [4.78, 5) is 24.7. The molecule has 0 radical (unpaired) electrons. The maximum atomic E-state index is 12.5. The van der Waals surface area contributed by atoms with Gasteiger partial charge in [-0.25, -0.2) is 5.01 Å². The normalized spacial score (nSPS) is 24.1. The number of amides is 1. The zero-order chi connectivity index (χ0) is 18.3. The molecule has 5 nitrogen and oxygen atoms in total. The Kier molecular flexibility index (Phi) is 4.41. The van der Waals surface area contributed by atoms with Gasteiger partial charge in [-0.05, 0) is 42.7 Å². The van der Waals surface area contributed by atoms with E-state index in [-0.39, 0.29) is 29.9 Å². The van der Waals surface area contributed by atoms with Crippen molar-refractivity contribution in [3.05, 3.63) is 48.0 Å². The van der Waals surface area contributed by atoms with Gasteiger partial charge in [0.1, 0.15) is 0 Å². The van der Waals surface area contributed by atoms with Gasteiger partial charge in [0.05, 0.1) is 24.6 Å². The Bertz CT molecular complexity index is 850. The zero-order valence-corrected chi connectivity index (χ0v) is 15.2. The molecule has 2 heterocycles. The standard InChI is InChI=1S/C21H24N2O3/c1-3-26-21(25)14(2)18-13-19(22-11-10-20(24)23(18)22)17-9-8-15-6-4-5-7-16(15)12-17/h4-9,12,14,18-19H,3,10-11,13H2,1-2H3/t14?,18-,19+/m0/s1. The fraction of sp³-hybridized carbons (Fsp3) is 0.429. The van der Waals surface area contributed by atoms with Crippen molar-refractivity contribution in [2.45, 2.75) is 38.8 Å². The van der Waals surface area contributed by atoms with Gasteiger partial charge in [0, 0.05) is 13.0 Å². The number of hydrazine groups is 1. The van der Waals surface area contributed by atoms with Crippen LogP contribution in [0.5, 0.6) is 0 Å². The number of benzene rings is 2. The third kappa shape index (κ3) is 2.76. The van der Waals surface area contributed by atoms with E-state index >= 15 is 0 Å². The van der Waals surface area contributed by atoms with Crippen molar-refractivity contribution in [1.82, 2.24) is 10.0 Å². The van der Waals surface area contributed by atoms with Crippen molar-refractivity contribution >= 4 is 22.6 Å². The first-order valence-corrected chi connectivity index (χ1v) is 9.34. The topological polar surface area (TPSA) is 49.9 Å². The van der Waals surface area contributed by atoms with E-state index in [1.165, 1.54) is 16.3 Å². The van der Waals surface area contributed by atoms with Crippen LogP contribution in [-0.2, 0) is 14.3 Å². The molecule has 2 aromatic carbocycles. The molecule has 2 aliphatic rings. The van der Waals surface area contributed by atoms with Crippen LogP contribution in [0, 0.1) is 5.92 Å². The van der Waals surface area contributed by atoms with Crippen LogP contribution in [0.4, 0.5) is 0 Å². The van der Waals surface area contributed by atoms with E-state index in [9.17, 15) is 9.59 Å². The molecular weight excluding hydrogens is 328 g/mol. The summed E-state index contributed by atoms with van der Waals surface area (Å²) < 4.78 is 5.20. The number of ether oxygens (including phenoxy) is 1. The van der Waals surface area contributed by atoms with Gasteiger partial charge in [0.2, 0.25) is 5.91 Å². The second-order valence-electron chi connectivity index (χ2n) is 7.12. The van der Waals surface area contributed by atoms with Gasteiger partial charge in [-0.1, -0.05) is 36.4 Å². The molecule has 26 heavy (non-hydrogen) atoms. The Hall–Kier alpha value is -2.40. The number of esters is 1. The van der Waals surface area contributed by atoms with E-state index in [1.54, 1.807) is 0 Å². The summed E-state index contributed by atoms with van der Waals surface area (Å²) in [6.45, 7) is 4.75. The summed E-state index contributed by atoms with van der Waals surface area (Å²) in [6.07, 6.45) is 1.26. The maximum Gasteiger partial charge on any atom is 0.310 e. The third-order valence-corrected chi connectivity index (χ3v) is 5.62. The van der Waals surface area contributed by atoms with E-state index in [0.717, 1.165) is 6.42 Å². The Balaban J connectivity index is 1.66.